The molecule has 7 nitrogen and oxygen atoms in total. The fourth-order valence-electron chi connectivity index (χ4n) is 2.54. The molecule has 0 saturated carbocycles. The van der Waals surface area contributed by atoms with Gasteiger partial charge in [0.1, 0.15) is 0 Å². The molecule has 0 bridgehead atoms. The van der Waals surface area contributed by atoms with Crippen molar-refractivity contribution in [2.45, 2.75) is 33.2 Å². The standard InChI is InChI=1S/C17H24N4O3/c1-4-24-17(23)19-12(9-11(2)3)10-18-16(22)15-13-7-5-6-8-14(13)20-21-15/h5-8,11-12H,4,9-10H2,1-3H3,(H,18,22)(H,19,23)(H,20,21). The molecule has 2 amide bonds. The van der Waals surface area contributed by atoms with Crippen LogP contribution in [-0.4, -0.2) is 41.4 Å². The highest BCUT2D eigenvalue weighted by molar-refractivity contribution is 6.04. The van der Waals surface area contributed by atoms with Crippen molar-refractivity contribution in [2.75, 3.05) is 13.2 Å². The lowest BCUT2D eigenvalue weighted by Gasteiger charge is -2.20. The van der Waals surface area contributed by atoms with E-state index in [2.05, 4.69) is 34.7 Å². The van der Waals surface area contributed by atoms with Gasteiger partial charge in [-0.25, -0.2) is 4.79 Å². The SMILES string of the molecule is CCOC(=O)NC(CNC(=O)c1n[nH]c2ccccc12)CC(C)C. The number of aromatic amines is 1. The van der Waals surface area contributed by atoms with Crippen LogP contribution in [0.25, 0.3) is 10.9 Å². The highest BCUT2D eigenvalue weighted by atomic mass is 16.5. The second-order valence-electron chi connectivity index (χ2n) is 6.02. The van der Waals surface area contributed by atoms with Crippen LogP contribution in [0.2, 0.25) is 0 Å². The van der Waals surface area contributed by atoms with Gasteiger partial charge in [-0.1, -0.05) is 32.0 Å². The molecule has 3 N–H and O–H groups in total. The number of carbonyl (C=O) groups excluding carboxylic acids is 2. The number of carbonyl (C=O) groups is 2. The van der Waals surface area contributed by atoms with Crippen LogP contribution in [0.5, 0.6) is 0 Å². The minimum atomic E-state index is -0.470. The molecule has 0 fully saturated rings. The van der Waals surface area contributed by atoms with Crippen LogP contribution in [0, 0.1) is 5.92 Å². The van der Waals surface area contributed by atoms with Crippen molar-refractivity contribution in [2.24, 2.45) is 5.92 Å². The minimum Gasteiger partial charge on any atom is -0.450 e. The van der Waals surface area contributed by atoms with Crippen molar-refractivity contribution >= 4 is 22.9 Å². The molecule has 1 atom stereocenters. The van der Waals surface area contributed by atoms with Crippen LogP contribution in [0.1, 0.15) is 37.7 Å². The van der Waals surface area contributed by atoms with Crippen molar-refractivity contribution < 1.29 is 14.3 Å². The number of para-hydroxylation sites is 1. The van der Waals surface area contributed by atoms with Crippen molar-refractivity contribution in [1.29, 1.82) is 0 Å². The predicted molar refractivity (Wildman–Crippen MR) is 91.8 cm³/mol. The van der Waals surface area contributed by atoms with Gasteiger partial charge in [0.2, 0.25) is 0 Å². The summed E-state index contributed by atoms with van der Waals surface area (Å²) >= 11 is 0. The minimum absolute atomic E-state index is 0.196. The molecular weight excluding hydrogens is 308 g/mol. The maximum atomic E-state index is 12.4. The van der Waals surface area contributed by atoms with Gasteiger partial charge in [-0.15, -0.1) is 0 Å². The number of hydrogen-bond acceptors (Lipinski definition) is 4. The van der Waals surface area contributed by atoms with E-state index in [-0.39, 0.29) is 11.9 Å². The zero-order valence-electron chi connectivity index (χ0n) is 14.3. The van der Waals surface area contributed by atoms with E-state index in [1.807, 2.05) is 24.3 Å². The fourth-order valence-corrected chi connectivity index (χ4v) is 2.54. The quantitative estimate of drug-likeness (QED) is 0.725. The average Bonchev–Trinajstić information content (AvgIpc) is 2.96. The number of amides is 2. The van der Waals surface area contributed by atoms with E-state index in [0.29, 0.717) is 24.8 Å². The molecule has 7 heteroatoms. The van der Waals surface area contributed by atoms with Gasteiger partial charge in [0.25, 0.3) is 5.91 Å². The second-order valence-corrected chi connectivity index (χ2v) is 6.02. The smallest absolute Gasteiger partial charge is 0.407 e. The van der Waals surface area contributed by atoms with Crippen LogP contribution in [0.15, 0.2) is 24.3 Å². The summed E-state index contributed by atoms with van der Waals surface area (Å²) in [6.07, 6.45) is 0.267. The Morgan fingerprint density at radius 3 is 2.75 bits per heavy atom. The Kier molecular flexibility index (Phi) is 6.17. The first-order valence-corrected chi connectivity index (χ1v) is 8.15. The van der Waals surface area contributed by atoms with Crippen LogP contribution >= 0.6 is 0 Å². The van der Waals surface area contributed by atoms with Crippen molar-refractivity contribution in [3.8, 4) is 0 Å². The number of hydrogen-bond donors (Lipinski definition) is 3. The number of H-pyrrole nitrogens is 1. The van der Waals surface area contributed by atoms with E-state index in [9.17, 15) is 9.59 Å². The van der Waals surface area contributed by atoms with Gasteiger partial charge in [0.05, 0.1) is 12.1 Å². The zero-order chi connectivity index (χ0) is 17.5. The average molecular weight is 332 g/mol. The Labute approximate surface area is 141 Å². The molecule has 1 unspecified atom stereocenters. The highest BCUT2D eigenvalue weighted by Crippen LogP contribution is 2.14. The maximum absolute atomic E-state index is 12.4. The molecule has 130 valence electrons. The van der Waals surface area contributed by atoms with Crippen LogP contribution < -0.4 is 10.6 Å². The topological polar surface area (TPSA) is 96.1 Å². The molecule has 1 aromatic heterocycles. The summed E-state index contributed by atoms with van der Waals surface area (Å²) in [4.78, 5) is 24.0. The lowest BCUT2D eigenvalue weighted by atomic mass is 10.0. The molecule has 2 rings (SSSR count). The molecule has 0 saturated heterocycles. The molecular formula is C17H24N4O3. The fraction of sp³-hybridized carbons (Fsp3) is 0.471. The Bertz CT molecular complexity index is 696. The third kappa shape index (κ3) is 4.71. The van der Waals surface area contributed by atoms with Gasteiger partial charge in [0.15, 0.2) is 5.69 Å². The number of alkyl carbamates (subject to hydrolysis) is 1. The Balaban J connectivity index is 1.99. The summed E-state index contributed by atoms with van der Waals surface area (Å²) in [7, 11) is 0. The summed E-state index contributed by atoms with van der Waals surface area (Å²) in [5.74, 6) is 0.104. The monoisotopic (exact) mass is 332 g/mol. The summed E-state index contributed by atoms with van der Waals surface area (Å²) in [5.41, 5.74) is 1.16. The van der Waals surface area contributed by atoms with E-state index >= 15 is 0 Å². The van der Waals surface area contributed by atoms with Gasteiger partial charge < -0.3 is 15.4 Å². The Hall–Kier alpha value is -2.57. The molecule has 0 spiro atoms. The Morgan fingerprint density at radius 1 is 1.29 bits per heavy atom. The number of nitrogens with one attached hydrogen (secondary N) is 3. The summed E-state index contributed by atoms with van der Waals surface area (Å²) in [5, 5.41) is 13.3. The number of ether oxygens (including phenoxy) is 1. The van der Waals surface area contributed by atoms with Gasteiger partial charge in [-0.2, -0.15) is 5.10 Å². The molecule has 0 radical (unpaired) electrons. The van der Waals surface area contributed by atoms with Gasteiger partial charge >= 0.3 is 6.09 Å². The largest absolute Gasteiger partial charge is 0.450 e. The number of aromatic nitrogens is 2. The summed E-state index contributed by atoms with van der Waals surface area (Å²) in [6, 6.07) is 7.25. The molecule has 0 aliphatic carbocycles. The van der Waals surface area contributed by atoms with E-state index in [1.165, 1.54) is 0 Å². The predicted octanol–water partition coefficient (Wildman–Crippen LogP) is 2.45. The number of nitrogens with zero attached hydrogens (tertiary/aromatic N) is 1. The lowest BCUT2D eigenvalue weighted by molar-refractivity contribution is 0.0941. The first kappa shape index (κ1) is 17.8. The molecule has 1 aromatic carbocycles. The first-order chi connectivity index (χ1) is 11.5. The number of rotatable bonds is 7. The maximum Gasteiger partial charge on any atom is 0.407 e. The summed E-state index contributed by atoms with van der Waals surface area (Å²) < 4.78 is 4.91. The lowest BCUT2D eigenvalue weighted by Crippen LogP contribution is -2.44. The van der Waals surface area contributed by atoms with Gasteiger partial charge in [-0.3, -0.25) is 9.89 Å². The zero-order valence-corrected chi connectivity index (χ0v) is 14.3. The molecule has 0 aliphatic rings. The second kappa shape index (κ2) is 8.33. The summed E-state index contributed by atoms with van der Waals surface area (Å²) in [6.45, 7) is 6.50. The third-order valence-electron chi connectivity index (χ3n) is 3.55. The van der Waals surface area contributed by atoms with Gasteiger partial charge in [-0.05, 0) is 25.3 Å². The van der Waals surface area contributed by atoms with E-state index in [1.54, 1.807) is 6.92 Å². The van der Waals surface area contributed by atoms with E-state index < -0.39 is 6.09 Å². The van der Waals surface area contributed by atoms with Crippen molar-refractivity contribution in [3.63, 3.8) is 0 Å². The highest BCUT2D eigenvalue weighted by Gasteiger charge is 2.18. The Morgan fingerprint density at radius 2 is 2.04 bits per heavy atom. The van der Waals surface area contributed by atoms with Gasteiger partial charge in [0, 0.05) is 18.0 Å². The number of fused-ring (bicyclic) bond motifs is 1. The van der Waals surface area contributed by atoms with Crippen molar-refractivity contribution in [3.05, 3.63) is 30.0 Å². The molecule has 24 heavy (non-hydrogen) atoms. The first-order valence-electron chi connectivity index (χ1n) is 8.15. The molecule has 1 heterocycles. The molecule has 0 aliphatic heterocycles. The van der Waals surface area contributed by atoms with Crippen LogP contribution in [0.4, 0.5) is 4.79 Å². The third-order valence-corrected chi connectivity index (χ3v) is 3.55. The van der Waals surface area contributed by atoms with Crippen LogP contribution in [-0.2, 0) is 4.74 Å². The van der Waals surface area contributed by atoms with E-state index in [0.717, 1.165) is 17.3 Å². The van der Waals surface area contributed by atoms with Crippen molar-refractivity contribution in [1.82, 2.24) is 20.8 Å². The van der Waals surface area contributed by atoms with Crippen LogP contribution in [0.3, 0.4) is 0 Å². The molecule has 2 aromatic rings. The normalized spacial score (nSPS) is 12.2. The number of benzene rings is 1. The van der Waals surface area contributed by atoms with E-state index in [4.69, 9.17) is 4.74 Å².